The molecule has 2 saturated carbocycles. The number of alkyl halides is 2. The number of para-hydroxylation sites is 2. The van der Waals surface area contributed by atoms with Gasteiger partial charge in [-0.25, -0.2) is 8.78 Å². The fraction of sp³-hybridized carbons (Fsp3) is 0.459. The molecule has 2 aliphatic heterocycles. The minimum absolute atomic E-state index is 0.0387. The van der Waals surface area contributed by atoms with E-state index in [1.54, 1.807) is 0 Å². The number of hydrogen-bond acceptors (Lipinski definition) is 7. The van der Waals surface area contributed by atoms with E-state index in [-0.39, 0.29) is 40.4 Å². The lowest BCUT2D eigenvalue weighted by molar-refractivity contribution is -0.168. The van der Waals surface area contributed by atoms with Crippen LogP contribution in [0.4, 0.5) is 20.2 Å². The Morgan fingerprint density at radius 3 is 1.96 bits per heavy atom. The third-order valence-electron chi connectivity index (χ3n) is 11.6. The minimum atomic E-state index is -2.58. The zero-order valence-electron chi connectivity index (χ0n) is 26.6. The molecule has 0 radical (unpaired) electrons. The van der Waals surface area contributed by atoms with Gasteiger partial charge in [-0.15, -0.1) is 0 Å². The first-order valence-electron chi connectivity index (χ1n) is 16.8. The molecule has 48 heavy (non-hydrogen) atoms. The largest absolute Gasteiger partial charge is 0.491 e. The number of ether oxygens (including phenoxy) is 1. The van der Waals surface area contributed by atoms with Crippen LogP contribution in [0.25, 0.3) is 21.8 Å². The third-order valence-corrected chi connectivity index (χ3v) is 11.6. The molecule has 2 aliphatic carbocycles. The van der Waals surface area contributed by atoms with Gasteiger partial charge in [0, 0.05) is 49.8 Å². The lowest BCUT2D eigenvalue weighted by atomic mass is 9.58. The SMILES string of the molecule is N#Cc1c(N2CCC3(CC2)CC(COc2cccc4c(N5CCC6(CC5)CC(F)(F)C6)c(C#N)c(=O)[nH]c24)C3)c2ccccc2[nH]c1=O. The first-order chi connectivity index (χ1) is 23.1. The molecule has 0 unspecified atom stereocenters. The lowest BCUT2D eigenvalue weighted by Gasteiger charge is -2.52. The van der Waals surface area contributed by atoms with Crippen molar-refractivity contribution in [2.75, 3.05) is 42.6 Å². The van der Waals surface area contributed by atoms with E-state index >= 15 is 0 Å². The predicted molar refractivity (Wildman–Crippen MR) is 179 cm³/mol. The molecule has 4 aliphatic rings. The smallest absolute Gasteiger partial charge is 0.268 e. The molecular weight excluding hydrogens is 614 g/mol. The second-order valence-electron chi connectivity index (χ2n) is 14.6. The monoisotopic (exact) mass is 650 g/mol. The van der Waals surface area contributed by atoms with Crippen molar-refractivity contribution in [1.29, 1.82) is 10.5 Å². The Morgan fingerprint density at radius 1 is 0.771 bits per heavy atom. The maximum absolute atomic E-state index is 13.7. The highest BCUT2D eigenvalue weighted by Crippen LogP contribution is 2.58. The van der Waals surface area contributed by atoms with Crippen LogP contribution in [-0.4, -0.2) is 48.7 Å². The van der Waals surface area contributed by atoms with Crippen LogP contribution < -0.4 is 25.7 Å². The summed E-state index contributed by atoms with van der Waals surface area (Å²) in [5.41, 5.74) is 1.79. The number of H-pyrrole nitrogens is 2. The van der Waals surface area contributed by atoms with Gasteiger partial charge in [0.2, 0.25) is 5.92 Å². The molecular formula is C37H36F2N6O3. The normalized spacial score (nSPS) is 21.1. The highest BCUT2D eigenvalue weighted by Gasteiger charge is 2.57. The average molecular weight is 651 g/mol. The number of benzene rings is 2. The first-order valence-corrected chi connectivity index (χ1v) is 16.8. The van der Waals surface area contributed by atoms with Crippen molar-refractivity contribution in [3.63, 3.8) is 0 Å². The number of anilines is 2. The summed E-state index contributed by atoms with van der Waals surface area (Å²) >= 11 is 0. The lowest BCUT2D eigenvalue weighted by Crippen LogP contribution is -2.52. The second-order valence-corrected chi connectivity index (χ2v) is 14.6. The van der Waals surface area contributed by atoms with Crippen LogP contribution in [0.1, 0.15) is 62.5 Å². The molecule has 4 fully saturated rings. The molecule has 11 heteroatoms. The number of fused-ring (bicyclic) bond motifs is 2. The molecule has 0 amide bonds. The summed E-state index contributed by atoms with van der Waals surface area (Å²) < 4.78 is 33.8. The van der Waals surface area contributed by atoms with E-state index in [2.05, 4.69) is 27.0 Å². The number of piperidine rings is 2. The summed E-state index contributed by atoms with van der Waals surface area (Å²) in [7, 11) is 0. The number of nitrogens with one attached hydrogen (secondary N) is 2. The van der Waals surface area contributed by atoms with Crippen LogP contribution in [0.15, 0.2) is 52.1 Å². The Labute approximate surface area is 275 Å². The maximum atomic E-state index is 13.7. The molecule has 4 heterocycles. The number of nitrogens with zero attached hydrogens (tertiary/aromatic N) is 4. The molecule has 2 saturated heterocycles. The van der Waals surface area contributed by atoms with E-state index in [9.17, 15) is 28.9 Å². The highest BCUT2D eigenvalue weighted by molar-refractivity contribution is 5.97. The molecule has 9 nitrogen and oxygen atoms in total. The summed E-state index contributed by atoms with van der Waals surface area (Å²) in [4.78, 5) is 35.7. The Hall–Kier alpha value is -4.90. The van der Waals surface area contributed by atoms with Crippen molar-refractivity contribution in [2.24, 2.45) is 16.7 Å². The van der Waals surface area contributed by atoms with E-state index in [1.807, 2.05) is 47.4 Å². The molecule has 0 bridgehead atoms. The maximum Gasteiger partial charge on any atom is 0.268 e. The number of hydrogen-bond donors (Lipinski definition) is 2. The zero-order chi connectivity index (χ0) is 33.3. The van der Waals surface area contributed by atoms with E-state index < -0.39 is 11.5 Å². The number of rotatable bonds is 5. The fourth-order valence-corrected chi connectivity index (χ4v) is 9.19. The first kappa shape index (κ1) is 30.4. The van der Waals surface area contributed by atoms with Crippen molar-refractivity contribution >= 4 is 33.2 Å². The number of pyridine rings is 2. The van der Waals surface area contributed by atoms with E-state index in [0.717, 1.165) is 60.7 Å². The van der Waals surface area contributed by atoms with Gasteiger partial charge in [0.1, 0.15) is 29.0 Å². The molecule has 2 aromatic carbocycles. The van der Waals surface area contributed by atoms with Crippen LogP contribution in [-0.2, 0) is 0 Å². The minimum Gasteiger partial charge on any atom is -0.491 e. The van der Waals surface area contributed by atoms with Gasteiger partial charge in [0.25, 0.3) is 11.1 Å². The van der Waals surface area contributed by atoms with Gasteiger partial charge in [-0.3, -0.25) is 9.59 Å². The Morgan fingerprint density at radius 2 is 1.33 bits per heavy atom. The van der Waals surface area contributed by atoms with Gasteiger partial charge < -0.3 is 24.5 Å². The second kappa shape index (κ2) is 11.1. The Bertz CT molecular complexity index is 2130. The quantitative estimate of drug-likeness (QED) is 0.263. The van der Waals surface area contributed by atoms with Crippen molar-refractivity contribution in [3.8, 4) is 17.9 Å². The molecule has 4 aromatic rings. The summed E-state index contributed by atoms with van der Waals surface area (Å²) in [6.45, 7) is 3.07. The standard InChI is InChI=1S/C37H36F2N6O3/c38-37(39)21-36(22-37)10-14-45(15-11-36)32-25-5-3-7-29(30(25)43-34(47)27(32)19-41)48-20-23-16-35(17-23)8-12-44(13-9-35)31-24-4-1-2-6-28(24)42-33(46)26(31)18-40/h1-7,23H,8-17,20-22H2,(H,42,46)(H,43,47). The fourth-order valence-electron chi connectivity index (χ4n) is 9.19. The number of aromatic nitrogens is 2. The van der Waals surface area contributed by atoms with Crippen molar-refractivity contribution < 1.29 is 13.5 Å². The van der Waals surface area contributed by atoms with E-state index in [0.29, 0.717) is 55.4 Å². The van der Waals surface area contributed by atoms with Crippen LogP contribution in [0.3, 0.4) is 0 Å². The predicted octanol–water partition coefficient (Wildman–Crippen LogP) is 6.20. The molecule has 8 rings (SSSR count). The third kappa shape index (κ3) is 4.99. The van der Waals surface area contributed by atoms with Crippen molar-refractivity contribution in [3.05, 3.63) is 74.3 Å². The summed E-state index contributed by atoms with van der Waals surface area (Å²) in [6.07, 6.45) is 5.02. The topological polar surface area (TPSA) is 129 Å². The van der Waals surface area contributed by atoms with Crippen LogP contribution in [0.5, 0.6) is 5.75 Å². The van der Waals surface area contributed by atoms with Gasteiger partial charge >= 0.3 is 0 Å². The molecule has 2 aromatic heterocycles. The number of halogens is 2. The Kier molecular flexibility index (Phi) is 7.03. The van der Waals surface area contributed by atoms with Crippen molar-refractivity contribution in [1.82, 2.24) is 9.97 Å². The summed E-state index contributed by atoms with van der Waals surface area (Å²) in [5, 5.41) is 21.3. The number of nitriles is 2. The van der Waals surface area contributed by atoms with Gasteiger partial charge in [-0.1, -0.05) is 30.3 Å². The van der Waals surface area contributed by atoms with Crippen LogP contribution in [0.2, 0.25) is 0 Å². The zero-order valence-corrected chi connectivity index (χ0v) is 26.6. The van der Waals surface area contributed by atoms with Crippen LogP contribution in [0, 0.1) is 39.4 Å². The molecule has 2 spiro atoms. The molecule has 0 atom stereocenters. The molecule has 246 valence electrons. The van der Waals surface area contributed by atoms with E-state index in [1.165, 1.54) is 0 Å². The van der Waals surface area contributed by atoms with Crippen molar-refractivity contribution in [2.45, 2.75) is 57.3 Å². The Balaban J connectivity index is 0.947. The highest BCUT2D eigenvalue weighted by atomic mass is 19.3. The van der Waals surface area contributed by atoms with Gasteiger partial charge in [-0.05, 0) is 67.4 Å². The van der Waals surface area contributed by atoms with Gasteiger partial charge in [0.05, 0.1) is 29.0 Å². The average Bonchev–Trinajstić information content (AvgIpc) is 3.05. The summed E-state index contributed by atoms with van der Waals surface area (Å²) in [5.74, 6) is -1.67. The molecule has 2 N–H and O–H groups in total. The van der Waals surface area contributed by atoms with Gasteiger partial charge in [0.15, 0.2) is 0 Å². The number of aromatic amines is 2. The summed E-state index contributed by atoms with van der Waals surface area (Å²) in [6, 6.07) is 17.4. The van der Waals surface area contributed by atoms with E-state index in [4.69, 9.17) is 4.74 Å². The van der Waals surface area contributed by atoms with Gasteiger partial charge in [-0.2, -0.15) is 10.5 Å². The van der Waals surface area contributed by atoms with Crippen LogP contribution >= 0.6 is 0 Å².